The van der Waals surface area contributed by atoms with E-state index in [1.54, 1.807) is 32.2 Å². The van der Waals surface area contributed by atoms with E-state index in [0.29, 0.717) is 35.1 Å². The Morgan fingerprint density at radius 2 is 1.74 bits per heavy atom. The molecular weight excluding hydrogens is 493 g/mol. The molecule has 10 heteroatoms. The summed E-state index contributed by atoms with van der Waals surface area (Å²) in [6, 6.07) is 15.8. The van der Waals surface area contributed by atoms with E-state index in [9.17, 15) is 17.6 Å². The van der Waals surface area contributed by atoms with E-state index >= 15 is 0 Å². The molecule has 3 aromatic rings. The number of benzene rings is 3. The Bertz CT molecular complexity index is 1360. The summed E-state index contributed by atoms with van der Waals surface area (Å²) < 4.78 is 47.9. The van der Waals surface area contributed by atoms with Crippen LogP contribution in [0.25, 0.3) is 0 Å². The van der Waals surface area contributed by atoms with Crippen LogP contribution in [0.2, 0.25) is 5.02 Å². The maximum atomic E-state index is 14.5. The molecule has 0 aliphatic carbocycles. The molecule has 0 bridgehead atoms. The summed E-state index contributed by atoms with van der Waals surface area (Å²) in [5.41, 5.74) is 1.57. The third-order valence-corrected chi connectivity index (χ3v) is 8.30. The fraction of sp³-hybridized carbons (Fsp3) is 0.240. The van der Waals surface area contributed by atoms with Crippen molar-refractivity contribution in [1.29, 1.82) is 0 Å². The highest BCUT2D eigenvalue weighted by atomic mass is 35.5. The Hall–Kier alpha value is -3.14. The highest BCUT2D eigenvalue weighted by Gasteiger charge is 2.30. The van der Waals surface area contributed by atoms with Gasteiger partial charge < -0.3 is 15.0 Å². The van der Waals surface area contributed by atoms with Crippen molar-refractivity contribution in [3.8, 4) is 5.75 Å². The number of halogens is 2. The number of nitrogens with one attached hydrogen (secondary N) is 1. The van der Waals surface area contributed by atoms with Crippen molar-refractivity contribution in [3.05, 3.63) is 82.6 Å². The summed E-state index contributed by atoms with van der Waals surface area (Å²) in [5, 5.41) is 3.06. The topological polar surface area (TPSA) is 79.0 Å². The first-order valence-electron chi connectivity index (χ1n) is 11.0. The van der Waals surface area contributed by atoms with Gasteiger partial charge in [0.25, 0.3) is 5.91 Å². The van der Waals surface area contributed by atoms with Crippen molar-refractivity contribution in [3.63, 3.8) is 0 Å². The highest BCUT2D eigenvalue weighted by molar-refractivity contribution is 7.89. The van der Waals surface area contributed by atoms with Crippen LogP contribution in [0.3, 0.4) is 0 Å². The summed E-state index contributed by atoms with van der Waals surface area (Å²) in [6.07, 6.45) is 0. The summed E-state index contributed by atoms with van der Waals surface area (Å²) >= 11 is 6.09. The van der Waals surface area contributed by atoms with Gasteiger partial charge >= 0.3 is 0 Å². The van der Waals surface area contributed by atoms with E-state index in [1.807, 2.05) is 24.3 Å². The molecule has 0 atom stereocenters. The Morgan fingerprint density at radius 3 is 2.46 bits per heavy atom. The van der Waals surface area contributed by atoms with Gasteiger partial charge in [-0.2, -0.15) is 4.31 Å². The zero-order valence-electron chi connectivity index (χ0n) is 19.3. The lowest BCUT2D eigenvalue weighted by Gasteiger charge is -2.36. The molecule has 7 nitrogen and oxygen atoms in total. The summed E-state index contributed by atoms with van der Waals surface area (Å²) in [6.45, 7) is 3.12. The fourth-order valence-corrected chi connectivity index (χ4v) is 5.60. The normalized spacial score (nSPS) is 14.6. The number of para-hydroxylation sites is 2. The number of piperazine rings is 1. The van der Waals surface area contributed by atoms with E-state index in [2.05, 4.69) is 10.2 Å². The number of ether oxygens (including phenoxy) is 1. The summed E-state index contributed by atoms with van der Waals surface area (Å²) in [5.74, 6) is -0.860. The summed E-state index contributed by atoms with van der Waals surface area (Å²) in [7, 11) is -2.34. The summed E-state index contributed by atoms with van der Waals surface area (Å²) in [4.78, 5) is 14.7. The lowest BCUT2D eigenvalue weighted by molar-refractivity contribution is 0.102. The zero-order chi connectivity index (χ0) is 25.2. The quantitative estimate of drug-likeness (QED) is 0.518. The van der Waals surface area contributed by atoms with Gasteiger partial charge in [0.05, 0.1) is 23.3 Å². The Balaban J connectivity index is 1.52. The number of hydrogen-bond acceptors (Lipinski definition) is 5. The molecule has 1 saturated heterocycles. The van der Waals surface area contributed by atoms with Gasteiger partial charge in [-0.3, -0.25) is 4.79 Å². The highest BCUT2D eigenvalue weighted by Crippen LogP contribution is 2.30. The molecule has 0 unspecified atom stereocenters. The second kappa shape index (κ2) is 10.2. The van der Waals surface area contributed by atoms with E-state index < -0.39 is 21.7 Å². The maximum Gasteiger partial charge on any atom is 0.258 e. The van der Waals surface area contributed by atoms with E-state index in [0.717, 1.165) is 17.8 Å². The Labute approximate surface area is 209 Å². The second-order valence-corrected chi connectivity index (χ2v) is 10.4. The van der Waals surface area contributed by atoms with Gasteiger partial charge in [-0.05, 0) is 55.0 Å². The first kappa shape index (κ1) is 25.0. The number of hydrogen-bond donors (Lipinski definition) is 1. The van der Waals surface area contributed by atoms with Gasteiger partial charge in [0, 0.05) is 36.9 Å². The van der Waals surface area contributed by atoms with Crippen LogP contribution in [0.4, 0.5) is 15.8 Å². The van der Waals surface area contributed by atoms with E-state index in [-0.39, 0.29) is 23.5 Å². The van der Waals surface area contributed by atoms with Crippen LogP contribution in [0, 0.1) is 12.7 Å². The Kier molecular flexibility index (Phi) is 7.30. The number of methoxy groups -OCH3 is 1. The average Bonchev–Trinajstić information content (AvgIpc) is 2.87. The number of sulfonamides is 1. The molecule has 0 spiro atoms. The van der Waals surface area contributed by atoms with Gasteiger partial charge in [-0.25, -0.2) is 12.8 Å². The molecule has 1 amide bonds. The van der Waals surface area contributed by atoms with Gasteiger partial charge in [0.1, 0.15) is 11.6 Å². The minimum Gasteiger partial charge on any atom is -0.495 e. The molecule has 1 aliphatic rings. The predicted molar refractivity (Wildman–Crippen MR) is 135 cm³/mol. The Morgan fingerprint density at radius 1 is 1.03 bits per heavy atom. The van der Waals surface area contributed by atoms with Crippen molar-refractivity contribution < 1.29 is 22.3 Å². The number of carbonyl (C=O) groups excluding carboxylic acids is 1. The zero-order valence-corrected chi connectivity index (χ0v) is 20.9. The van der Waals surface area contributed by atoms with Crippen LogP contribution in [-0.4, -0.2) is 51.9 Å². The van der Waals surface area contributed by atoms with E-state index in [1.165, 1.54) is 10.4 Å². The van der Waals surface area contributed by atoms with Crippen LogP contribution in [0.5, 0.6) is 5.75 Å². The third kappa shape index (κ3) is 5.12. The number of rotatable bonds is 6. The SMILES string of the molecule is COc1ccccc1N1CCN(S(=O)(=O)c2ccc(F)c(C(=O)Nc3cccc(Cl)c3C)c2)CC1. The lowest BCUT2D eigenvalue weighted by atomic mass is 10.1. The monoisotopic (exact) mass is 517 g/mol. The molecule has 0 saturated carbocycles. The first-order valence-corrected chi connectivity index (χ1v) is 12.8. The predicted octanol–water partition coefficient (Wildman–Crippen LogP) is 4.56. The van der Waals surface area contributed by atoms with Gasteiger partial charge in [0.15, 0.2) is 0 Å². The smallest absolute Gasteiger partial charge is 0.258 e. The molecule has 1 N–H and O–H groups in total. The van der Waals surface area contributed by atoms with Crippen molar-refractivity contribution in [2.75, 3.05) is 43.5 Å². The molecule has 35 heavy (non-hydrogen) atoms. The van der Waals surface area contributed by atoms with Crippen molar-refractivity contribution in [2.24, 2.45) is 0 Å². The molecule has 3 aromatic carbocycles. The number of nitrogens with zero attached hydrogens (tertiary/aromatic N) is 2. The average molecular weight is 518 g/mol. The largest absolute Gasteiger partial charge is 0.495 e. The van der Waals surface area contributed by atoms with Crippen molar-refractivity contribution in [1.82, 2.24) is 4.31 Å². The molecular formula is C25H25ClFN3O4S. The minimum atomic E-state index is -3.94. The molecule has 0 radical (unpaired) electrons. The number of carbonyl (C=O) groups is 1. The van der Waals surface area contributed by atoms with Crippen molar-refractivity contribution >= 4 is 38.9 Å². The molecule has 0 aromatic heterocycles. The van der Waals surface area contributed by atoms with Crippen LogP contribution >= 0.6 is 11.6 Å². The molecule has 4 rings (SSSR count). The van der Waals surface area contributed by atoms with Crippen LogP contribution in [-0.2, 0) is 10.0 Å². The van der Waals surface area contributed by atoms with Gasteiger partial charge in [-0.15, -0.1) is 0 Å². The lowest BCUT2D eigenvalue weighted by Crippen LogP contribution is -2.48. The standard InChI is InChI=1S/C25H25ClFN3O4S/c1-17-20(26)6-5-7-22(17)28-25(31)19-16-18(10-11-21(19)27)35(32,33)30-14-12-29(13-15-30)23-8-3-4-9-24(23)34-2/h3-11,16H,12-15H2,1-2H3,(H,28,31). The first-order chi connectivity index (χ1) is 16.7. The molecule has 1 heterocycles. The molecule has 1 fully saturated rings. The van der Waals surface area contributed by atoms with Crippen molar-refractivity contribution in [2.45, 2.75) is 11.8 Å². The number of amides is 1. The fourth-order valence-electron chi connectivity index (χ4n) is 3.98. The number of anilines is 2. The van der Waals surface area contributed by atoms with Gasteiger partial charge in [-0.1, -0.05) is 29.8 Å². The van der Waals surface area contributed by atoms with Crippen LogP contribution < -0.4 is 15.0 Å². The second-order valence-electron chi connectivity index (χ2n) is 8.07. The maximum absolute atomic E-state index is 14.5. The minimum absolute atomic E-state index is 0.141. The molecule has 1 aliphatic heterocycles. The molecule has 184 valence electrons. The van der Waals surface area contributed by atoms with E-state index in [4.69, 9.17) is 16.3 Å². The van der Waals surface area contributed by atoms with Crippen LogP contribution in [0.1, 0.15) is 15.9 Å². The van der Waals surface area contributed by atoms with Gasteiger partial charge in [0.2, 0.25) is 10.0 Å². The third-order valence-electron chi connectivity index (χ3n) is 6.00. The van der Waals surface area contributed by atoms with Crippen LogP contribution in [0.15, 0.2) is 65.6 Å².